The fraction of sp³-hybridized carbons (Fsp3) is 0.611. The summed E-state index contributed by atoms with van der Waals surface area (Å²) in [7, 11) is 1.91. The van der Waals surface area contributed by atoms with Crippen molar-refractivity contribution in [1.82, 2.24) is 10.6 Å². The standard InChI is InChI=1S/C18H30N2O2/c1-14(2)13-22-16-9-7-15(8-10-16)18(3,4)17(21)20-12-6-11-19-5/h7-10,14,19H,6,11-13H2,1-5H3,(H,20,21). The number of amides is 1. The van der Waals surface area contributed by atoms with E-state index in [1.807, 2.05) is 45.2 Å². The number of hydrogen-bond acceptors (Lipinski definition) is 3. The normalized spacial score (nSPS) is 11.5. The Kier molecular flexibility index (Phi) is 7.39. The molecule has 124 valence electrons. The summed E-state index contributed by atoms with van der Waals surface area (Å²) in [6.07, 6.45) is 0.931. The van der Waals surface area contributed by atoms with Crippen LogP contribution in [0.3, 0.4) is 0 Å². The molecule has 1 amide bonds. The molecule has 0 bridgehead atoms. The Labute approximate surface area is 134 Å². The third-order valence-electron chi connectivity index (χ3n) is 3.62. The maximum absolute atomic E-state index is 12.4. The van der Waals surface area contributed by atoms with Crippen molar-refractivity contribution in [1.29, 1.82) is 0 Å². The first-order valence-electron chi connectivity index (χ1n) is 8.04. The van der Waals surface area contributed by atoms with Gasteiger partial charge >= 0.3 is 0 Å². The molecule has 0 radical (unpaired) electrons. The van der Waals surface area contributed by atoms with Crippen molar-refractivity contribution in [3.05, 3.63) is 29.8 Å². The summed E-state index contributed by atoms with van der Waals surface area (Å²) in [6, 6.07) is 7.83. The first-order valence-corrected chi connectivity index (χ1v) is 8.04. The zero-order valence-electron chi connectivity index (χ0n) is 14.5. The van der Waals surface area contributed by atoms with Crippen LogP contribution in [0.5, 0.6) is 5.75 Å². The van der Waals surface area contributed by atoms with Crippen LogP contribution < -0.4 is 15.4 Å². The van der Waals surface area contributed by atoms with Gasteiger partial charge in [0.15, 0.2) is 0 Å². The average molecular weight is 306 g/mol. The fourth-order valence-electron chi connectivity index (χ4n) is 2.05. The first kappa shape index (κ1) is 18.5. The van der Waals surface area contributed by atoms with Crippen molar-refractivity contribution >= 4 is 5.91 Å². The van der Waals surface area contributed by atoms with Crippen molar-refractivity contribution in [2.75, 3.05) is 26.7 Å². The second-order valence-corrected chi connectivity index (χ2v) is 6.57. The lowest BCUT2D eigenvalue weighted by molar-refractivity contribution is -0.125. The predicted molar refractivity (Wildman–Crippen MR) is 91.4 cm³/mol. The highest BCUT2D eigenvalue weighted by atomic mass is 16.5. The van der Waals surface area contributed by atoms with E-state index in [9.17, 15) is 4.79 Å². The quantitative estimate of drug-likeness (QED) is 0.690. The zero-order valence-corrected chi connectivity index (χ0v) is 14.5. The van der Waals surface area contributed by atoms with Crippen LogP contribution in [0.25, 0.3) is 0 Å². The Morgan fingerprint density at radius 3 is 2.36 bits per heavy atom. The molecule has 0 unspecified atom stereocenters. The molecule has 0 fully saturated rings. The van der Waals surface area contributed by atoms with Crippen LogP contribution in [-0.2, 0) is 10.2 Å². The summed E-state index contributed by atoms with van der Waals surface area (Å²) in [5, 5.41) is 6.07. The maximum Gasteiger partial charge on any atom is 0.230 e. The number of nitrogens with one attached hydrogen (secondary N) is 2. The van der Waals surface area contributed by atoms with E-state index >= 15 is 0 Å². The van der Waals surface area contributed by atoms with E-state index in [0.717, 1.165) is 24.3 Å². The molecule has 22 heavy (non-hydrogen) atoms. The molecule has 2 N–H and O–H groups in total. The third kappa shape index (κ3) is 5.68. The highest BCUT2D eigenvalue weighted by Gasteiger charge is 2.29. The van der Waals surface area contributed by atoms with Crippen LogP contribution in [-0.4, -0.2) is 32.7 Å². The SMILES string of the molecule is CNCCCNC(=O)C(C)(C)c1ccc(OCC(C)C)cc1. The Bertz CT molecular complexity index is 453. The van der Waals surface area contributed by atoms with Gasteiger partial charge in [-0.2, -0.15) is 0 Å². The molecule has 4 nitrogen and oxygen atoms in total. The van der Waals surface area contributed by atoms with E-state index < -0.39 is 5.41 Å². The largest absolute Gasteiger partial charge is 0.493 e. The molecule has 1 rings (SSSR count). The summed E-state index contributed by atoms with van der Waals surface area (Å²) >= 11 is 0. The van der Waals surface area contributed by atoms with Crippen LogP contribution in [0, 0.1) is 5.92 Å². The second-order valence-electron chi connectivity index (χ2n) is 6.57. The van der Waals surface area contributed by atoms with Gasteiger partial charge in [0.2, 0.25) is 5.91 Å². The molecular formula is C18H30N2O2. The minimum Gasteiger partial charge on any atom is -0.493 e. The summed E-state index contributed by atoms with van der Waals surface area (Å²) < 4.78 is 5.68. The van der Waals surface area contributed by atoms with Gasteiger partial charge in [-0.05, 0) is 57.5 Å². The minimum absolute atomic E-state index is 0.0550. The average Bonchev–Trinajstić information content (AvgIpc) is 2.49. The third-order valence-corrected chi connectivity index (χ3v) is 3.62. The van der Waals surface area contributed by atoms with E-state index in [0.29, 0.717) is 19.1 Å². The van der Waals surface area contributed by atoms with Gasteiger partial charge in [-0.1, -0.05) is 26.0 Å². The van der Waals surface area contributed by atoms with E-state index in [-0.39, 0.29) is 5.91 Å². The first-order chi connectivity index (χ1) is 10.4. The predicted octanol–water partition coefficient (Wildman–Crippen LogP) is 2.72. The van der Waals surface area contributed by atoms with E-state index in [4.69, 9.17) is 4.74 Å². The number of carbonyl (C=O) groups excluding carboxylic acids is 1. The van der Waals surface area contributed by atoms with Crippen molar-refractivity contribution < 1.29 is 9.53 Å². The van der Waals surface area contributed by atoms with Gasteiger partial charge in [0.25, 0.3) is 0 Å². The molecule has 0 saturated carbocycles. The van der Waals surface area contributed by atoms with Gasteiger partial charge < -0.3 is 15.4 Å². The van der Waals surface area contributed by atoms with Gasteiger partial charge in [-0.25, -0.2) is 0 Å². The molecule has 0 aliphatic heterocycles. The van der Waals surface area contributed by atoms with Gasteiger partial charge in [0.1, 0.15) is 5.75 Å². The topological polar surface area (TPSA) is 50.4 Å². The molecule has 1 aromatic rings. The van der Waals surface area contributed by atoms with E-state index in [1.54, 1.807) is 0 Å². The van der Waals surface area contributed by atoms with Crippen LogP contribution in [0.4, 0.5) is 0 Å². The Morgan fingerprint density at radius 1 is 1.18 bits per heavy atom. The molecular weight excluding hydrogens is 276 g/mol. The molecule has 0 atom stereocenters. The molecule has 0 heterocycles. The highest BCUT2D eigenvalue weighted by Crippen LogP contribution is 2.25. The zero-order chi connectivity index (χ0) is 16.6. The molecule has 0 saturated heterocycles. The van der Waals surface area contributed by atoms with E-state index in [2.05, 4.69) is 24.5 Å². The minimum atomic E-state index is -0.545. The van der Waals surface area contributed by atoms with Crippen LogP contribution in [0.15, 0.2) is 24.3 Å². The van der Waals surface area contributed by atoms with Gasteiger partial charge in [0, 0.05) is 6.54 Å². The molecule has 0 spiro atoms. The Balaban J connectivity index is 2.61. The smallest absolute Gasteiger partial charge is 0.230 e. The summed E-state index contributed by atoms with van der Waals surface area (Å²) in [6.45, 7) is 10.4. The van der Waals surface area contributed by atoms with Crippen LogP contribution in [0.1, 0.15) is 39.7 Å². The lowest BCUT2D eigenvalue weighted by atomic mass is 9.83. The molecule has 0 aromatic heterocycles. The fourth-order valence-corrected chi connectivity index (χ4v) is 2.05. The van der Waals surface area contributed by atoms with Crippen molar-refractivity contribution in [2.45, 2.75) is 39.5 Å². The number of hydrogen-bond donors (Lipinski definition) is 2. The van der Waals surface area contributed by atoms with Crippen molar-refractivity contribution in [3.63, 3.8) is 0 Å². The van der Waals surface area contributed by atoms with Crippen LogP contribution in [0.2, 0.25) is 0 Å². The summed E-state index contributed by atoms with van der Waals surface area (Å²) in [5.74, 6) is 1.40. The highest BCUT2D eigenvalue weighted by molar-refractivity contribution is 5.87. The Hall–Kier alpha value is -1.55. The van der Waals surface area contributed by atoms with Crippen molar-refractivity contribution in [2.24, 2.45) is 5.92 Å². The molecule has 1 aromatic carbocycles. The lowest BCUT2D eigenvalue weighted by Crippen LogP contribution is -2.40. The lowest BCUT2D eigenvalue weighted by Gasteiger charge is -2.24. The van der Waals surface area contributed by atoms with Crippen LogP contribution >= 0.6 is 0 Å². The number of carbonyl (C=O) groups is 1. The van der Waals surface area contributed by atoms with Gasteiger partial charge in [-0.15, -0.1) is 0 Å². The second kappa shape index (κ2) is 8.79. The number of benzene rings is 1. The number of rotatable bonds is 9. The molecule has 0 aliphatic carbocycles. The van der Waals surface area contributed by atoms with E-state index in [1.165, 1.54) is 0 Å². The molecule has 0 aliphatic rings. The van der Waals surface area contributed by atoms with Gasteiger partial charge in [0.05, 0.1) is 12.0 Å². The van der Waals surface area contributed by atoms with Gasteiger partial charge in [-0.3, -0.25) is 4.79 Å². The maximum atomic E-state index is 12.4. The monoisotopic (exact) mass is 306 g/mol. The molecule has 4 heteroatoms. The summed E-state index contributed by atoms with van der Waals surface area (Å²) in [5.41, 5.74) is 0.450. The number of ether oxygens (including phenoxy) is 1. The summed E-state index contributed by atoms with van der Waals surface area (Å²) in [4.78, 5) is 12.4. The van der Waals surface area contributed by atoms with Crippen molar-refractivity contribution in [3.8, 4) is 5.75 Å². The Morgan fingerprint density at radius 2 is 1.82 bits per heavy atom.